The second kappa shape index (κ2) is 4.84. The zero-order valence-electron chi connectivity index (χ0n) is 14.0. The Kier molecular flexibility index (Phi) is 3.25. The number of aliphatic hydroxyl groups is 1. The maximum atomic E-state index is 10.1. The van der Waals surface area contributed by atoms with Crippen molar-refractivity contribution in [1.29, 1.82) is 5.26 Å². The first-order valence-corrected chi connectivity index (χ1v) is 9.26. The summed E-state index contributed by atoms with van der Waals surface area (Å²) in [6.07, 6.45) is 11.7. The molecule has 22 heavy (non-hydrogen) atoms. The normalized spacial score (nSPS) is 53.7. The minimum atomic E-state index is -0.0539. The topological polar surface area (TPSA) is 44.0 Å². The fourth-order valence-electron chi connectivity index (χ4n) is 6.92. The molecule has 3 unspecified atom stereocenters. The summed E-state index contributed by atoms with van der Waals surface area (Å²) in [7, 11) is 0. The molecule has 0 amide bonds. The monoisotopic (exact) mass is 299 g/mol. The lowest BCUT2D eigenvalue weighted by molar-refractivity contribution is -0.116. The summed E-state index contributed by atoms with van der Waals surface area (Å²) in [4.78, 5) is 0. The van der Waals surface area contributed by atoms with E-state index in [9.17, 15) is 10.4 Å². The number of hydrogen-bond donors (Lipinski definition) is 1. The van der Waals surface area contributed by atoms with Crippen LogP contribution in [0, 0.1) is 45.8 Å². The number of allylic oxidation sites excluding steroid dienone is 2. The molecule has 0 aliphatic heterocycles. The molecule has 0 bridgehead atoms. The van der Waals surface area contributed by atoms with Crippen LogP contribution in [0.1, 0.15) is 65.2 Å². The van der Waals surface area contributed by atoms with Gasteiger partial charge in [-0.25, -0.2) is 0 Å². The summed E-state index contributed by atoms with van der Waals surface area (Å²) in [6, 6.07) is 2.44. The zero-order chi connectivity index (χ0) is 15.5. The van der Waals surface area contributed by atoms with Crippen molar-refractivity contribution in [3.8, 4) is 6.07 Å². The van der Waals surface area contributed by atoms with Gasteiger partial charge in [-0.3, -0.25) is 0 Å². The van der Waals surface area contributed by atoms with Crippen LogP contribution in [-0.2, 0) is 0 Å². The smallest absolute Gasteiger partial charge is 0.0944 e. The van der Waals surface area contributed by atoms with Crippen LogP contribution in [0.2, 0.25) is 0 Å². The van der Waals surface area contributed by atoms with Gasteiger partial charge in [-0.1, -0.05) is 19.9 Å². The summed E-state index contributed by atoms with van der Waals surface area (Å²) in [6.45, 7) is 4.92. The van der Waals surface area contributed by atoms with E-state index < -0.39 is 0 Å². The number of rotatable bonds is 0. The van der Waals surface area contributed by atoms with Gasteiger partial charge in [0.2, 0.25) is 0 Å². The van der Waals surface area contributed by atoms with Crippen LogP contribution in [0.15, 0.2) is 11.6 Å². The van der Waals surface area contributed by atoms with E-state index in [1.54, 1.807) is 0 Å². The number of nitriles is 1. The van der Waals surface area contributed by atoms with Crippen molar-refractivity contribution in [2.45, 2.75) is 71.3 Å². The van der Waals surface area contributed by atoms with Crippen molar-refractivity contribution in [2.75, 3.05) is 0 Å². The maximum absolute atomic E-state index is 10.1. The van der Waals surface area contributed by atoms with Gasteiger partial charge in [0.25, 0.3) is 0 Å². The van der Waals surface area contributed by atoms with Gasteiger partial charge in [-0.05, 0) is 85.9 Å². The Hall–Kier alpha value is -0.810. The Balaban J connectivity index is 1.63. The predicted octanol–water partition coefficient (Wildman–Crippen LogP) is 4.45. The average molecular weight is 299 g/mol. The second-order valence-electron chi connectivity index (χ2n) is 9.12. The van der Waals surface area contributed by atoms with Crippen molar-refractivity contribution in [3.05, 3.63) is 11.6 Å². The molecule has 7 atom stereocenters. The summed E-state index contributed by atoms with van der Waals surface area (Å²) < 4.78 is 0. The third-order valence-corrected chi connectivity index (χ3v) is 8.16. The number of aliphatic hydroxyl groups excluding tert-OH is 1. The molecule has 3 saturated carbocycles. The van der Waals surface area contributed by atoms with Crippen molar-refractivity contribution in [1.82, 2.24) is 0 Å². The highest BCUT2D eigenvalue weighted by molar-refractivity contribution is 5.32. The quantitative estimate of drug-likeness (QED) is 0.718. The van der Waals surface area contributed by atoms with E-state index in [1.165, 1.54) is 32.1 Å². The first-order valence-electron chi connectivity index (χ1n) is 9.26. The minimum absolute atomic E-state index is 0.0539. The van der Waals surface area contributed by atoms with Crippen LogP contribution in [0.4, 0.5) is 0 Å². The van der Waals surface area contributed by atoms with Gasteiger partial charge >= 0.3 is 0 Å². The molecule has 4 rings (SSSR count). The van der Waals surface area contributed by atoms with Gasteiger partial charge in [0, 0.05) is 5.57 Å². The fraction of sp³-hybridized carbons (Fsp3) is 0.850. The molecule has 2 heteroatoms. The lowest BCUT2D eigenvalue weighted by Gasteiger charge is -2.60. The molecule has 3 fully saturated rings. The molecule has 0 spiro atoms. The van der Waals surface area contributed by atoms with Gasteiger partial charge in [0.1, 0.15) is 0 Å². The van der Waals surface area contributed by atoms with E-state index in [0.717, 1.165) is 42.6 Å². The number of hydrogen-bond acceptors (Lipinski definition) is 2. The van der Waals surface area contributed by atoms with Gasteiger partial charge in [-0.2, -0.15) is 5.26 Å². The molecular formula is C20H29NO. The van der Waals surface area contributed by atoms with E-state index in [0.29, 0.717) is 11.3 Å². The summed E-state index contributed by atoms with van der Waals surface area (Å²) in [5, 5.41) is 19.4. The van der Waals surface area contributed by atoms with Crippen LogP contribution in [0.25, 0.3) is 0 Å². The van der Waals surface area contributed by atoms with Crippen LogP contribution in [-0.4, -0.2) is 11.2 Å². The Morgan fingerprint density at radius 2 is 1.95 bits per heavy atom. The highest BCUT2D eigenvalue weighted by atomic mass is 16.3. The molecule has 0 radical (unpaired) electrons. The third-order valence-electron chi connectivity index (χ3n) is 8.16. The molecule has 1 N–H and O–H groups in total. The largest absolute Gasteiger partial charge is 0.393 e. The standard InChI is InChI=1S/C20H29NO/c1-19-7-6-17-16(18(19)9-13(11-19)12-21)4-3-14-10-15(22)5-8-20(14,17)2/h11,14-18,22H,3-10H2,1-2H3/t14?,15?,16-,17+,18?,19-,20+/m0/s1. The summed E-state index contributed by atoms with van der Waals surface area (Å²) >= 11 is 0. The summed E-state index contributed by atoms with van der Waals surface area (Å²) in [5.41, 5.74) is 1.77. The summed E-state index contributed by atoms with van der Waals surface area (Å²) in [5.74, 6) is 3.05. The molecule has 0 aromatic rings. The Morgan fingerprint density at radius 1 is 1.14 bits per heavy atom. The van der Waals surface area contributed by atoms with E-state index in [-0.39, 0.29) is 11.5 Å². The van der Waals surface area contributed by atoms with Crippen molar-refractivity contribution in [2.24, 2.45) is 34.5 Å². The molecule has 0 saturated heterocycles. The van der Waals surface area contributed by atoms with Crippen LogP contribution in [0.5, 0.6) is 0 Å². The third kappa shape index (κ3) is 1.94. The molecule has 4 aliphatic rings. The molecule has 2 nitrogen and oxygen atoms in total. The van der Waals surface area contributed by atoms with Crippen molar-refractivity contribution in [3.63, 3.8) is 0 Å². The first-order chi connectivity index (χ1) is 10.5. The molecule has 0 heterocycles. The highest BCUT2D eigenvalue weighted by Gasteiger charge is 2.57. The van der Waals surface area contributed by atoms with Gasteiger partial charge in [-0.15, -0.1) is 0 Å². The molecule has 0 aromatic carbocycles. The Morgan fingerprint density at radius 3 is 2.73 bits per heavy atom. The van der Waals surface area contributed by atoms with E-state index in [1.807, 2.05) is 0 Å². The van der Waals surface area contributed by atoms with Crippen LogP contribution < -0.4 is 0 Å². The SMILES string of the molecule is C[C@]12C=C(C#N)CC1[C@H]1CCC3CC(O)CC[C@@]3(C)[C@@H]1CC2. The lowest BCUT2D eigenvalue weighted by atomic mass is 9.45. The van der Waals surface area contributed by atoms with Crippen LogP contribution in [0.3, 0.4) is 0 Å². The van der Waals surface area contributed by atoms with Gasteiger partial charge in [0.05, 0.1) is 12.2 Å². The lowest BCUT2D eigenvalue weighted by Crippen LogP contribution is -2.53. The van der Waals surface area contributed by atoms with E-state index in [4.69, 9.17) is 0 Å². The van der Waals surface area contributed by atoms with Gasteiger partial charge < -0.3 is 5.11 Å². The molecule has 4 aliphatic carbocycles. The maximum Gasteiger partial charge on any atom is 0.0944 e. The Labute approximate surface area is 134 Å². The predicted molar refractivity (Wildman–Crippen MR) is 86.8 cm³/mol. The minimum Gasteiger partial charge on any atom is -0.393 e. The van der Waals surface area contributed by atoms with Crippen molar-refractivity contribution >= 4 is 0 Å². The van der Waals surface area contributed by atoms with Crippen LogP contribution >= 0.6 is 0 Å². The van der Waals surface area contributed by atoms with E-state index in [2.05, 4.69) is 26.0 Å². The molecule has 120 valence electrons. The van der Waals surface area contributed by atoms with E-state index >= 15 is 0 Å². The van der Waals surface area contributed by atoms with Gasteiger partial charge in [0.15, 0.2) is 0 Å². The number of nitrogens with zero attached hydrogens (tertiary/aromatic N) is 1. The zero-order valence-corrected chi connectivity index (χ0v) is 14.0. The second-order valence-corrected chi connectivity index (χ2v) is 9.12. The van der Waals surface area contributed by atoms with Crippen molar-refractivity contribution < 1.29 is 5.11 Å². The molecular weight excluding hydrogens is 270 g/mol. The number of fused-ring (bicyclic) bond motifs is 5. The average Bonchev–Trinajstić information content (AvgIpc) is 2.85. The first kappa shape index (κ1) is 14.8. The molecule has 0 aromatic heterocycles. The fourth-order valence-corrected chi connectivity index (χ4v) is 6.92. The highest BCUT2D eigenvalue weighted by Crippen LogP contribution is 2.65. The Bertz CT molecular complexity index is 546.